The molecule has 2 rings (SSSR count). The number of carbonyl (C=O) groups is 1. The first-order chi connectivity index (χ1) is 8.35. The SMILES string of the molecule is CC(C)(C)OC(=O)N1CCC(n2cc(N)nn2)C1. The van der Waals surface area contributed by atoms with E-state index < -0.39 is 5.60 Å². The van der Waals surface area contributed by atoms with Crippen molar-refractivity contribution in [2.45, 2.75) is 38.8 Å². The Morgan fingerprint density at radius 2 is 2.28 bits per heavy atom. The molecule has 2 N–H and O–H groups in total. The second kappa shape index (κ2) is 4.47. The molecule has 1 aliphatic rings. The Bertz CT molecular complexity index is 437. The Kier molecular flexibility index (Phi) is 3.14. The maximum Gasteiger partial charge on any atom is 0.410 e. The van der Waals surface area contributed by atoms with Crippen LogP contribution in [0, 0.1) is 0 Å². The molecule has 1 amide bonds. The molecule has 0 aromatic carbocycles. The van der Waals surface area contributed by atoms with E-state index in [1.807, 2.05) is 20.8 Å². The number of ether oxygens (including phenoxy) is 1. The third kappa shape index (κ3) is 2.91. The smallest absolute Gasteiger partial charge is 0.410 e. The monoisotopic (exact) mass is 253 g/mol. The molecule has 0 bridgehead atoms. The van der Waals surface area contributed by atoms with Gasteiger partial charge in [0.25, 0.3) is 0 Å². The van der Waals surface area contributed by atoms with Crippen LogP contribution in [0.4, 0.5) is 10.6 Å². The predicted molar refractivity (Wildman–Crippen MR) is 65.9 cm³/mol. The minimum Gasteiger partial charge on any atom is -0.444 e. The second-order valence-electron chi connectivity index (χ2n) is 5.49. The number of rotatable bonds is 1. The molecule has 100 valence electrons. The van der Waals surface area contributed by atoms with Crippen LogP contribution >= 0.6 is 0 Å². The number of aromatic nitrogens is 3. The molecule has 18 heavy (non-hydrogen) atoms. The van der Waals surface area contributed by atoms with Gasteiger partial charge in [-0.25, -0.2) is 9.48 Å². The van der Waals surface area contributed by atoms with Crippen LogP contribution in [0.1, 0.15) is 33.2 Å². The largest absolute Gasteiger partial charge is 0.444 e. The van der Waals surface area contributed by atoms with Crippen LogP contribution in [0.15, 0.2) is 6.20 Å². The highest BCUT2D eigenvalue weighted by molar-refractivity contribution is 5.68. The Morgan fingerprint density at radius 1 is 1.56 bits per heavy atom. The van der Waals surface area contributed by atoms with Crippen LogP contribution in [-0.2, 0) is 4.74 Å². The van der Waals surface area contributed by atoms with Crippen molar-refractivity contribution in [3.63, 3.8) is 0 Å². The first-order valence-corrected chi connectivity index (χ1v) is 6.00. The minimum atomic E-state index is -0.465. The third-order valence-electron chi connectivity index (χ3n) is 2.72. The molecule has 0 spiro atoms. The summed E-state index contributed by atoms with van der Waals surface area (Å²) in [5, 5.41) is 7.68. The zero-order valence-corrected chi connectivity index (χ0v) is 11.0. The van der Waals surface area contributed by atoms with Gasteiger partial charge in [0, 0.05) is 13.1 Å². The van der Waals surface area contributed by atoms with Crippen molar-refractivity contribution >= 4 is 11.9 Å². The highest BCUT2D eigenvalue weighted by atomic mass is 16.6. The number of amides is 1. The van der Waals surface area contributed by atoms with Crippen LogP contribution in [0.25, 0.3) is 0 Å². The number of hydrogen-bond donors (Lipinski definition) is 1. The Labute approximate surface area is 106 Å². The lowest BCUT2D eigenvalue weighted by atomic mass is 10.2. The average Bonchev–Trinajstić information content (AvgIpc) is 2.82. The van der Waals surface area contributed by atoms with Gasteiger partial charge < -0.3 is 15.4 Å². The Balaban J connectivity index is 1.94. The number of carbonyl (C=O) groups excluding carboxylic acids is 1. The molecule has 1 fully saturated rings. The van der Waals surface area contributed by atoms with Gasteiger partial charge in [-0.15, -0.1) is 5.10 Å². The topological polar surface area (TPSA) is 86.3 Å². The fraction of sp³-hybridized carbons (Fsp3) is 0.727. The molecule has 0 radical (unpaired) electrons. The van der Waals surface area contributed by atoms with E-state index in [4.69, 9.17) is 10.5 Å². The average molecular weight is 253 g/mol. The molecular weight excluding hydrogens is 234 g/mol. The van der Waals surface area contributed by atoms with Gasteiger partial charge in [-0.1, -0.05) is 5.21 Å². The highest BCUT2D eigenvalue weighted by Gasteiger charge is 2.31. The van der Waals surface area contributed by atoms with Gasteiger partial charge in [-0.3, -0.25) is 0 Å². The van der Waals surface area contributed by atoms with E-state index in [-0.39, 0.29) is 12.1 Å². The predicted octanol–water partition coefficient (Wildman–Crippen LogP) is 1.04. The normalized spacial score (nSPS) is 20.2. The number of nitrogens with two attached hydrogens (primary N) is 1. The zero-order chi connectivity index (χ0) is 13.3. The first-order valence-electron chi connectivity index (χ1n) is 6.00. The molecule has 1 atom stereocenters. The van der Waals surface area contributed by atoms with E-state index in [9.17, 15) is 4.79 Å². The standard InChI is InChI=1S/C11H19N5O2/c1-11(2,3)18-10(17)15-5-4-8(6-15)16-7-9(12)13-14-16/h7-8H,4-6,12H2,1-3H3. The van der Waals surface area contributed by atoms with Crippen molar-refractivity contribution in [2.24, 2.45) is 0 Å². The molecule has 1 aromatic rings. The molecule has 2 heterocycles. The maximum atomic E-state index is 11.9. The van der Waals surface area contributed by atoms with Crippen LogP contribution in [0.5, 0.6) is 0 Å². The molecule has 1 aliphatic heterocycles. The Morgan fingerprint density at radius 3 is 2.83 bits per heavy atom. The second-order valence-corrected chi connectivity index (χ2v) is 5.49. The van der Waals surface area contributed by atoms with Crippen molar-refractivity contribution in [3.8, 4) is 0 Å². The summed E-state index contributed by atoms with van der Waals surface area (Å²) in [6.07, 6.45) is 2.24. The van der Waals surface area contributed by atoms with E-state index in [0.29, 0.717) is 18.9 Å². The van der Waals surface area contributed by atoms with Gasteiger partial charge >= 0.3 is 6.09 Å². The fourth-order valence-electron chi connectivity index (χ4n) is 1.92. The van der Waals surface area contributed by atoms with Crippen molar-refractivity contribution in [1.82, 2.24) is 19.9 Å². The molecule has 1 saturated heterocycles. The number of anilines is 1. The van der Waals surface area contributed by atoms with E-state index in [1.54, 1.807) is 15.8 Å². The molecular formula is C11H19N5O2. The van der Waals surface area contributed by atoms with Crippen LogP contribution in [0.3, 0.4) is 0 Å². The zero-order valence-electron chi connectivity index (χ0n) is 11.0. The summed E-state index contributed by atoms with van der Waals surface area (Å²) in [5.41, 5.74) is 5.06. The van der Waals surface area contributed by atoms with Crippen LogP contribution in [-0.4, -0.2) is 44.7 Å². The quantitative estimate of drug-likeness (QED) is 0.808. The summed E-state index contributed by atoms with van der Waals surface area (Å²) in [4.78, 5) is 13.6. The molecule has 0 saturated carbocycles. The van der Waals surface area contributed by atoms with E-state index in [1.165, 1.54) is 0 Å². The van der Waals surface area contributed by atoms with Gasteiger partial charge in [-0.2, -0.15) is 0 Å². The van der Waals surface area contributed by atoms with E-state index in [0.717, 1.165) is 6.42 Å². The molecule has 7 heteroatoms. The lowest BCUT2D eigenvalue weighted by molar-refractivity contribution is 0.0288. The van der Waals surface area contributed by atoms with Crippen molar-refractivity contribution in [1.29, 1.82) is 0 Å². The molecule has 7 nitrogen and oxygen atoms in total. The summed E-state index contributed by atoms with van der Waals surface area (Å²) < 4.78 is 7.04. The number of likely N-dealkylation sites (tertiary alicyclic amines) is 1. The van der Waals surface area contributed by atoms with E-state index >= 15 is 0 Å². The number of hydrogen-bond acceptors (Lipinski definition) is 5. The van der Waals surface area contributed by atoms with Crippen molar-refractivity contribution in [2.75, 3.05) is 18.8 Å². The number of nitrogen functional groups attached to an aromatic ring is 1. The summed E-state index contributed by atoms with van der Waals surface area (Å²) >= 11 is 0. The van der Waals surface area contributed by atoms with Gasteiger partial charge in [0.15, 0.2) is 5.82 Å². The molecule has 1 aromatic heterocycles. The third-order valence-corrected chi connectivity index (χ3v) is 2.72. The van der Waals surface area contributed by atoms with Gasteiger partial charge in [0.05, 0.1) is 12.2 Å². The Hall–Kier alpha value is -1.79. The van der Waals surface area contributed by atoms with Gasteiger partial charge in [0.2, 0.25) is 0 Å². The number of nitrogens with zero attached hydrogens (tertiary/aromatic N) is 4. The highest BCUT2D eigenvalue weighted by Crippen LogP contribution is 2.22. The first kappa shape index (κ1) is 12.7. The lowest BCUT2D eigenvalue weighted by Crippen LogP contribution is -2.35. The van der Waals surface area contributed by atoms with Gasteiger partial charge in [-0.05, 0) is 27.2 Å². The summed E-state index contributed by atoms with van der Waals surface area (Å²) in [5.74, 6) is 0.394. The van der Waals surface area contributed by atoms with Crippen molar-refractivity contribution < 1.29 is 9.53 Å². The summed E-state index contributed by atoms with van der Waals surface area (Å²) in [7, 11) is 0. The van der Waals surface area contributed by atoms with Gasteiger partial charge in [0.1, 0.15) is 5.60 Å². The van der Waals surface area contributed by atoms with Crippen LogP contribution < -0.4 is 5.73 Å². The van der Waals surface area contributed by atoms with Crippen molar-refractivity contribution in [3.05, 3.63) is 6.20 Å². The molecule has 1 unspecified atom stereocenters. The maximum absolute atomic E-state index is 11.9. The lowest BCUT2D eigenvalue weighted by Gasteiger charge is -2.24. The minimum absolute atomic E-state index is 0.127. The summed E-state index contributed by atoms with van der Waals surface area (Å²) in [6, 6.07) is 0.127. The molecule has 0 aliphatic carbocycles. The fourth-order valence-corrected chi connectivity index (χ4v) is 1.92. The summed E-state index contributed by atoms with van der Waals surface area (Å²) in [6.45, 7) is 6.82. The van der Waals surface area contributed by atoms with Crippen LogP contribution in [0.2, 0.25) is 0 Å². The van der Waals surface area contributed by atoms with E-state index in [2.05, 4.69) is 10.3 Å².